The summed E-state index contributed by atoms with van der Waals surface area (Å²) < 4.78 is 2.28. The van der Waals surface area contributed by atoms with Gasteiger partial charge in [0.2, 0.25) is 0 Å². The molecular weight excluding hydrogens is 258 g/mol. The van der Waals surface area contributed by atoms with E-state index in [1.165, 1.54) is 43.0 Å². The first-order valence-corrected chi connectivity index (χ1v) is 8.49. The van der Waals surface area contributed by atoms with Crippen molar-refractivity contribution in [3.8, 4) is 0 Å². The van der Waals surface area contributed by atoms with E-state index in [1.54, 1.807) is 0 Å². The van der Waals surface area contributed by atoms with Crippen molar-refractivity contribution in [3.63, 3.8) is 0 Å². The minimum absolute atomic E-state index is 0.496. The maximum absolute atomic E-state index is 4.72. The van der Waals surface area contributed by atoms with Crippen LogP contribution in [0.5, 0.6) is 0 Å². The lowest BCUT2D eigenvalue weighted by Gasteiger charge is -2.37. The van der Waals surface area contributed by atoms with E-state index >= 15 is 0 Å². The third kappa shape index (κ3) is 2.98. The molecule has 0 spiro atoms. The standard InChI is InChI=1S/C18H27N3/c1-3-11-19-16-10-9-14(4-2)12-18(16)21-17-8-6-5-7-15(17)13-20-21/h5-8,13-14,16,18-19H,3-4,9-12H2,1-2H3. The van der Waals surface area contributed by atoms with Crippen molar-refractivity contribution in [2.75, 3.05) is 6.54 Å². The van der Waals surface area contributed by atoms with Crippen LogP contribution >= 0.6 is 0 Å². The van der Waals surface area contributed by atoms with Gasteiger partial charge in [-0.1, -0.05) is 38.5 Å². The zero-order valence-electron chi connectivity index (χ0n) is 13.3. The molecule has 3 heteroatoms. The maximum atomic E-state index is 4.72. The van der Waals surface area contributed by atoms with Gasteiger partial charge in [0.05, 0.1) is 17.8 Å². The van der Waals surface area contributed by atoms with Gasteiger partial charge in [-0.3, -0.25) is 4.68 Å². The molecule has 1 aromatic carbocycles. The lowest BCUT2D eigenvalue weighted by Crippen LogP contribution is -2.42. The Morgan fingerprint density at radius 3 is 2.90 bits per heavy atom. The molecule has 1 saturated carbocycles. The molecule has 3 atom stereocenters. The van der Waals surface area contributed by atoms with Crippen LogP contribution in [0.25, 0.3) is 10.9 Å². The second kappa shape index (κ2) is 6.61. The number of para-hydroxylation sites is 1. The van der Waals surface area contributed by atoms with Gasteiger partial charge in [-0.15, -0.1) is 0 Å². The molecule has 0 bridgehead atoms. The van der Waals surface area contributed by atoms with Crippen LogP contribution in [0.1, 0.15) is 52.0 Å². The first kappa shape index (κ1) is 14.6. The van der Waals surface area contributed by atoms with E-state index < -0.39 is 0 Å². The summed E-state index contributed by atoms with van der Waals surface area (Å²) in [5.74, 6) is 0.845. The number of nitrogens with zero attached hydrogens (tertiary/aromatic N) is 2. The van der Waals surface area contributed by atoms with Gasteiger partial charge in [0, 0.05) is 11.4 Å². The van der Waals surface area contributed by atoms with Gasteiger partial charge >= 0.3 is 0 Å². The molecule has 0 radical (unpaired) electrons. The average molecular weight is 285 g/mol. The van der Waals surface area contributed by atoms with Crippen molar-refractivity contribution < 1.29 is 0 Å². The predicted molar refractivity (Wildman–Crippen MR) is 88.5 cm³/mol. The molecule has 1 N–H and O–H groups in total. The molecule has 1 aliphatic carbocycles. The SMILES string of the molecule is CCCNC1CCC(CC)CC1n1ncc2ccccc21. The van der Waals surface area contributed by atoms with Gasteiger partial charge in [-0.05, 0) is 44.2 Å². The van der Waals surface area contributed by atoms with Crippen molar-refractivity contribution in [1.82, 2.24) is 15.1 Å². The quantitative estimate of drug-likeness (QED) is 0.894. The first-order valence-electron chi connectivity index (χ1n) is 8.49. The predicted octanol–water partition coefficient (Wildman–Crippen LogP) is 4.16. The minimum atomic E-state index is 0.496. The molecule has 1 fully saturated rings. The highest BCUT2D eigenvalue weighted by Crippen LogP contribution is 2.35. The van der Waals surface area contributed by atoms with Gasteiger partial charge in [0.15, 0.2) is 0 Å². The average Bonchev–Trinajstić information content (AvgIpc) is 2.96. The van der Waals surface area contributed by atoms with E-state index in [0.717, 1.165) is 12.5 Å². The van der Waals surface area contributed by atoms with E-state index in [9.17, 15) is 0 Å². The summed E-state index contributed by atoms with van der Waals surface area (Å²) in [6.45, 7) is 5.67. The summed E-state index contributed by atoms with van der Waals surface area (Å²) in [4.78, 5) is 0. The number of benzene rings is 1. The van der Waals surface area contributed by atoms with E-state index in [4.69, 9.17) is 5.10 Å². The number of nitrogens with one attached hydrogen (secondary N) is 1. The molecular formula is C18H27N3. The van der Waals surface area contributed by atoms with Crippen LogP contribution in [0.15, 0.2) is 30.5 Å². The summed E-state index contributed by atoms with van der Waals surface area (Å²) in [6.07, 6.45) is 8.38. The van der Waals surface area contributed by atoms with Gasteiger partial charge in [0.25, 0.3) is 0 Å². The molecule has 114 valence electrons. The first-order chi connectivity index (χ1) is 10.3. The third-order valence-electron chi connectivity index (χ3n) is 4.98. The molecule has 0 aliphatic heterocycles. The second-order valence-corrected chi connectivity index (χ2v) is 6.36. The van der Waals surface area contributed by atoms with E-state index in [-0.39, 0.29) is 0 Å². The number of fused-ring (bicyclic) bond motifs is 1. The van der Waals surface area contributed by atoms with E-state index in [0.29, 0.717) is 12.1 Å². The highest BCUT2D eigenvalue weighted by atomic mass is 15.3. The fourth-order valence-corrected chi connectivity index (χ4v) is 3.70. The van der Waals surface area contributed by atoms with Crippen LogP contribution in [0.2, 0.25) is 0 Å². The Kier molecular flexibility index (Phi) is 4.59. The number of hydrogen-bond acceptors (Lipinski definition) is 2. The minimum Gasteiger partial charge on any atom is -0.312 e. The lowest BCUT2D eigenvalue weighted by atomic mass is 9.81. The van der Waals surface area contributed by atoms with Crippen molar-refractivity contribution in [2.45, 2.75) is 58.0 Å². The van der Waals surface area contributed by atoms with Crippen LogP contribution in [0.3, 0.4) is 0 Å². The fourth-order valence-electron chi connectivity index (χ4n) is 3.70. The Morgan fingerprint density at radius 2 is 2.10 bits per heavy atom. The van der Waals surface area contributed by atoms with Gasteiger partial charge in [0.1, 0.15) is 0 Å². The zero-order valence-corrected chi connectivity index (χ0v) is 13.3. The number of rotatable bonds is 5. The van der Waals surface area contributed by atoms with Crippen LogP contribution in [0, 0.1) is 5.92 Å². The molecule has 0 saturated heterocycles. The Bertz CT molecular complexity index is 575. The molecule has 3 unspecified atom stereocenters. The van der Waals surface area contributed by atoms with E-state index in [1.807, 2.05) is 6.20 Å². The highest BCUT2D eigenvalue weighted by molar-refractivity contribution is 5.78. The summed E-state index contributed by atoms with van der Waals surface area (Å²) in [6, 6.07) is 9.64. The molecule has 1 aromatic heterocycles. The van der Waals surface area contributed by atoms with Crippen molar-refractivity contribution >= 4 is 10.9 Å². The molecule has 1 heterocycles. The van der Waals surface area contributed by atoms with E-state index in [2.05, 4.69) is 48.1 Å². The van der Waals surface area contributed by atoms with Crippen molar-refractivity contribution in [2.24, 2.45) is 5.92 Å². The smallest absolute Gasteiger partial charge is 0.0686 e. The summed E-state index contributed by atoms with van der Waals surface area (Å²) >= 11 is 0. The summed E-state index contributed by atoms with van der Waals surface area (Å²) in [5.41, 5.74) is 1.28. The highest BCUT2D eigenvalue weighted by Gasteiger charge is 2.31. The number of hydrogen-bond donors (Lipinski definition) is 1. The second-order valence-electron chi connectivity index (χ2n) is 6.36. The molecule has 1 aliphatic rings. The summed E-state index contributed by atoms with van der Waals surface area (Å²) in [7, 11) is 0. The van der Waals surface area contributed by atoms with Crippen LogP contribution in [-0.4, -0.2) is 22.4 Å². The van der Waals surface area contributed by atoms with Gasteiger partial charge in [-0.2, -0.15) is 5.10 Å². The maximum Gasteiger partial charge on any atom is 0.0686 e. The molecule has 2 aromatic rings. The summed E-state index contributed by atoms with van der Waals surface area (Å²) in [5, 5.41) is 9.74. The fraction of sp³-hybridized carbons (Fsp3) is 0.611. The van der Waals surface area contributed by atoms with Crippen LogP contribution in [-0.2, 0) is 0 Å². The van der Waals surface area contributed by atoms with Crippen LogP contribution < -0.4 is 5.32 Å². The normalized spacial score (nSPS) is 26.3. The van der Waals surface area contributed by atoms with Crippen LogP contribution in [0.4, 0.5) is 0 Å². The largest absolute Gasteiger partial charge is 0.312 e. The zero-order chi connectivity index (χ0) is 14.7. The molecule has 0 amide bonds. The molecule has 21 heavy (non-hydrogen) atoms. The number of aromatic nitrogens is 2. The third-order valence-corrected chi connectivity index (χ3v) is 4.98. The van der Waals surface area contributed by atoms with Crippen molar-refractivity contribution in [1.29, 1.82) is 0 Å². The Hall–Kier alpha value is -1.35. The van der Waals surface area contributed by atoms with Gasteiger partial charge in [-0.25, -0.2) is 0 Å². The Labute approximate surface area is 127 Å². The molecule has 3 nitrogen and oxygen atoms in total. The Balaban J connectivity index is 1.90. The topological polar surface area (TPSA) is 29.9 Å². The van der Waals surface area contributed by atoms with Crippen molar-refractivity contribution in [3.05, 3.63) is 30.5 Å². The Morgan fingerprint density at radius 1 is 1.24 bits per heavy atom. The monoisotopic (exact) mass is 285 g/mol. The lowest BCUT2D eigenvalue weighted by molar-refractivity contribution is 0.194. The molecule has 3 rings (SSSR count). The van der Waals surface area contributed by atoms with Gasteiger partial charge < -0.3 is 5.32 Å².